The zero-order valence-electron chi connectivity index (χ0n) is 19.0. The van der Waals surface area contributed by atoms with Crippen LogP contribution in [-0.2, 0) is 15.1 Å². The summed E-state index contributed by atoms with van der Waals surface area (Å²) < 4.78 is 0. The van der Waals surface area contributed by atoms with E-state index in [-0.39, 0.29) is 23.6 Å². The zero-order chi connectivity index (χ0) is 23.3. The maximum atomic E-state index is 14.3. The van der Waals surface area contributed by atoms with Crippen LogP contribution in [-0.4, -0.2) is 65.4 Å². The van der Waals surface area contributed by atoms with Crippen molar-refractivity contribution in [1.82, 2.24) is 20.2 Å². The van der Waals surface area contributed by atoms with E-state index in [0.717, 1.165) is 37.1 Å². The van der Waals surface area contributed by atoms with Gasteiger partial charge >= 0.3 is 0 Å². The van der Waals surface area contributed by atoms with Gasteiger partial charge in [0.15, 0.2) is 11.5 Å². The van der Waals surface area contributed by atoms with Gasteiger partial charge in [0, 0.05) is 55.9 Å². The summed E-state index contributed by atoms with van der Waals surface area (Å²) in [5.41, 5.74) is 1.17. The van der Waals surface area contributed by atoms with Crippen LogP contribution in [0.25, 0.3) is 0 Å². The highest BCUT2D eigenvalue weighted by molar-refractivity contribution is 6.11. The average Bonchev–Trinajstić information content (AvgIpc) is 3.52. The van der Waals surface area contributed by atoms with Crippen LogP contribution in [0.4, 0.5) is 11.5 Å². The minimum atomic E-state index is -0.934. The molecular formula is C25H27N7O2. The second kappa shape index (κ2) is 8.06. The van der Waals surface area contributed by atoms with Crippen LogP contribution in [0.1, 0.15) is 36.9 Å². The number of carbonyl (C=O) groups excluding carboxylic acids is 2. The summed E-state index contributed by atoms with van der Waals surface area (Å²) in [4.78, 5) is 42.7. The van der Waals surface area contributed by atoms with Gasteiger partial charge in [-0.15, -0.1) is 0 Å². The fraction of sp³-hybridized carbons (Fsp3) is 0.480. The van der Waals surface area contributed by atoms with Crippen LogP contribution >= 0.6 is 0 Å². The molecule has 1 N–H and O–H groups in total. The molecule has 0 saturated carbocycles. The first-order valence-corrected chi connectivity index (χ1v) is 12.1. The predicted octanol–water partition coefficient (Wildman–Crippen LogP) is 1.40. The number of amides is 2. The van der Waals surface area contributed by atoms with Gasteiger partial charge in [0.25, 0.3) is 5.91 Å². The molecule has 6 rings (SSSR count). The fourth-order valence-corrected chi connectivity index (χ4v) is 6.57. The van der Waals surface area contributed by atoms with Crippen molar-refractivity contribution in [2.45, 2.75) is 37.3 Å². The summed E-state index contributed by atoms with van der Waals surface area (Å²) in [5, 5.41) is 12.7. The van der Waals surface area contributed by atoms with E-state index in [1.54, 1.807) is 6.20 Å². The van der Waals surface area contributed by atoms with E-state index in [2.05, 4.69) is 26.3 Å². The summed E-state index contributed by atoms with van der Waals surface area (Å²) >= 11 is 0. The summed E-state index contributed by atoms with van der Waals surface area (Å²) in [5.74, 6) is 0.0840. The van der Waals surface area contributed by atoms with Crippen molar-refractivity contribution in [3.05, 3.63) is 47.9 Å². The van der Waals surface area contributed by atoms with Crippen LogP contribution in [0.3, 0.4) is 0 Å². The molecule has 174 valence electrons. The van der Waals surface area contributed by atoms with Gasteiger partial charge in [0.2, 0.25) is 5.91 Å². The minimum absolute atomic E-state index is 0.00146. The number of nitrogens with one attached hydrogen (secondary N) is 1. The number of hydrogen-bond acceptors (Lipinski definition) is 7. The molecule has 5 heterocycles. The summed E-state index contributed by atoms with van der Waals surface area (Å²) in [6.07, 6.45) is 6.59. The number of para-hydroxylation sites is 1. The van der Waals surface area contributed by atoms with Crippen molar-refractivity contribution in [2.75, 3.05) is 42.5 Å². The predicted molar refractivity (Wildman–Crippen MR) is 125 cm³/mol. The normalized spacial score (nSPS) is 28.9. The molecule has 34 heavy (non-hydrogen) atoms. The van der Waals surface area contributed by atoms with Gasteiger partial charge in [-0.05, 0) is 38.3 Å². The Labute approximate surface area is 198 Å². The number of benzene rings is 1. The standard InChI is InChI=1S/C25H27N7O2/c26-16-20-22(28-10-9-27-20)30-11-4-8-29-23(33)19-15-17-5-3-12-32(17)25(19)18-6-1-2-7-21(18)31(14-13-30)24(25)34/h1-2,6-7,9-10,17,19H,3-5,8,11-15H2,(H,29,33)/t17-,19+,25+/m0/s1. The molecule has 2 aromatic rings. The molecule has 1 spiro atoms. The Balaban J connectivity index is 1.44. The molecule has 3 atom stereocenters. The van der Waals surface area contributed by atoms with Crippen LogP contribution in [0.15, 0.2) is 36.7 Å². The minimum Gasteiger partial charge on any atom is -0.356 e. The number of aromatic nitrogens is 2. The quantitative estimate of drug-likeness (QED) is 0.690. The zero-order valence-corrected chi connectivity index (χ0v) is 19.0. The van der Waals surface area contributed by atoms with Crippen molar-refractivity contribution in [3.63, 3.8) is 0 Å². The third kappa shape index (κ3) is 2.88. The molecule has 1 aromatic carbocycles. The molecule has 2 amide bonds. The third-order valence-electron chi connectivity index (χ3n) is 7.92. The van der Waals surface area contributed by atoms with E-state index < -0.39 is 11.5 Å². The highest BCUT2D eigenvalue weighted by atomic mass is 16.2. The molecule has 0 unspecified atom stereocenters. The number of anilines is 2. The lowest BCUT2D eigenvalue weighted by Gasteiger charge is -2.38. The molecule has 4 aliphatic heterocycles. The van der Waals surface area contributed by atoms with Crippen LogP contribution in [0.2, 0.25) is 0 Å². The Morgan fingerprint density at radius 1 is 1.06 bits per heavy atom. The topological polar surface area (TPSA) is 105 Å². The summed E-state index contributed by atoms with van der Waals surface area (Å²) in [6.45, 7) is 2.91. The van der Waals surface area contributed by atoms with Crippen molar-refractivity contribution in [2.24, 2.45) is 5.92 Å². The molecule has 9 heteroatoms. The molecular weight excluding hydrogens is 430 g/mol. The highest BCUT2D eigenvalue weighted by Gasteiger charge is 2.67. The highest BCUT2D eigenvalue weighted by Crippen LogP contribution is 2.57. The molecule has 0 aliphatic carbocycles. The van der Waals surface area contributed by atoms with Crippen molar-refractivity contribution in [1.29, 1.82) is 5.26 Å². The molecule has 0 radical (unpaired) electrons. The Morgan fingerprint density at radius 2 is 1.91 bits per heavy atom. The maximum absolute atomic E-state index is 14.3. The summed E-state index contributed by atoms with van der Waals surface area (Å²) in [6, 6.07) is 10.3. The van der Waals surface area contributed by atoms with Crippen LogP contribution in [0.5, 0.6) is 0 Å². The Bertz CT molecular complexity index is 1190. The SMILES string of the molecule is N#Cc1nccnc1N1CCCNC(=O)[C@H]2C[C@@H]3CCCN3[C@@]23C(=O)N(CC1)c1ccccc13. The number of nitriles is 1. The lowest BCUT2D eigenvalue weighted by atomic mass is 9.78. The molecule has 4 aliphatic rings. The molecule has 3 saturated heterocycles. The number of rotatable bonds is 1. The van der Waals surface area contributed by atoms with Gasteiger partial charge in [-0.2, -0.15) is 5.26 Å². The number of hydrogen-bond donors (Lipinski definition) is 1. The molecule has 3 fully saturated rings. The first kappa shape index (κ1) is 21.1. The smallest absolute Gasteiger partial charge is 0.253 e. The second-order valence-electron chi connectivity index (χ2n) is 9.49. The lowest BCUT2D eigenvalue weighted by molar-refractivity contribution is -0.138. The second-order valence-corrected chi connectivity index (χ2v) is 9.49. The Morgan fingerprint density at radius 3 is 2.79 bits per heavy atom. The van der Waals surface area contributed by atoms with E-state index in [1.165, 1.54) is 6.20 Å². The van der Waals surface area contributed by atoms with Crippen LogP contribution < -0.4 is 15.1 Å². The molecule has 9 nitrogen and oxygen atoms in total. The average molecular weight is 458 g/mol. The largest absolute Gasteiger partial charge is 0.356 e. The van der Waals surface area contributed by atoms with Gasteiger partial charge in [0.05, 0.1) is 5.92 Å². The van der Waals surface area contributed by atoms with E-state index in [4.69, 9.17) is 0 Å². The van der Waals surface area contributed by atoms with Crippen molar-refractivity contribution in [3.8, 4) is 6.07 Å². The van der Waals surface area contributed by atoms with Crippen LogP contribution in [0, 0.1) is 17.2 Å². The molecule has 1 aromatic heterocycles. The van der Waals surface area contributed by atoms with E-state index in [9.17, 15) is 14.9 Å². The lowest BCUT2D eigenvalue weighted by Crippen LogP contribution is -2.57. The number of fused-ring (bicyclic) bond motifs is 4. The van der Waals surface area contributed by atoms with Gasteiger partial charge in [-0.1, -0.05) is 18.2 Å². The number of carbonyl (C=O) groups is 2. The van der Waals surface area contributed by atoms with Gasteiger partial charge < -0.3 is 15.1 Å². The Hall–Kier alpha value is -3.51. The molecule has 2 bridgehead atoms. The van der Waals surface area contributed by atoms with Gasteiger partial charge in [-0.3, -0.25) is 14.5 Å². The monoisotopic (exact) mass is 457 g/mol. The van der Waals surface area contributed by atoms with Crippen molar-refractivity contribution < 1.29 is 9.59 Å². The summed E-state index contributed by atoms with van der Waals surface area (Å²) in [7, 11) is 0. The fourth-order valence-electron chi connectivity index (χ4n) is 6.57. The Kier molecular flexibility index (Phi) is 4.99. The van der Waals surface area contributed by atoms with Gasteiger partial charge in [-0.25, -0.2) is 9.97 Å². The van der Waals surface area contributed by atoms with Crippen molar-refractivity contribution >= 4 is 23.3 Å². The number of nitrogens with zero attached hydrogens (tertiary/aromatic N) is 6. The maximum Gasteiger partial charge on any atom is 0.253 e. The first-order chi connectivity index (χ1) is 16.7. The van der Waals surface area contributed by atoms with E-state index in [1.807, 2.05) is 34.1 Å². The third-order valence-corrected chi connectivity index (χ3v) is 7.92. The van der Waals surface area contributed by atoms with E-state index in [0.29, 0.717) is 38.4 Å². The van der Waals surface area contributed by atoms with E-state index >= 15 is 0 Å². The van der Waals surface area contributed by atoms with Gasteiger partial charge in [0.1, 0.15) is 11.6 Å². The first-order valence-electron chi connectivity index (χ1n) is 12.1.